The maximum Gasteiger partial charge on any atom is 0.396 e. The summed E-state index contributed by atoms with van der Waals surface area (Å²) in [5, 5.41) is 10.5. The predicted octanol–water partition coefficient (Wildman–Crippen LogP) is -1.39. The minimum atomic E-state index is -1.04. The molecule has 0 aromatic rings. The third-order valence-electron chi connectivity index (χ3n) is 0.711. The largest absolute Gasteiger partial charge is 0.462 e. The van der Waals surface area contributed by atoms with Crippen LogP contribution in [0.15, 0.2) is 0 Å². The summed E-state index contributed by atoms with van der Waals surface area (Å²) in [7, 11) is 1.09. The van der Waals surface area contributed by atoms with Gasteiger partial charge in [-0.3, -0.25) is 4.79 Å². The molecule has 10 heavy (non-hydrogen) atoms. The fraction of sp³-hybridized carbons (Fsp3) is 0.600. The first-order valence-corrected chi connectivity index (χ1v) is 2.64. The number of carbonyl (C=O) groups is 2. The normalized spacial score (nSPS) is 11.9. The highest BCUT2D eigenvalue weighted by atomic mass is 16.5. The monoisotopic (exact) mass is 147 g/mol. The van der Waals surface area contributed by atoms with E-state index in [4.69, 9.17) is 5.11 Å². The van der Waals surface area contributed by atoms with Crippen molar-refractivity contribution in [2.75, 3.05) is 7.11 Å². The first-order chi connectivity index (χ1) is 4.57. The Hall–Kier alpha value is -1.10. The first kappa shape index (κ1) is 8.90. The van der Waals surface area contributed by atoms with Crippen molar-refractivity contribution >= 4 is 11.9 Å². The Labute approximate surface area is 58.0 Å². The number of amides is 1. The molecule has 0 saturated carbocycles. The van der Waals surface area contributed by atoms with Gasteiger partial charge < -0.3 is 15.2 Å². The van der Waals surface area contributed by atoms with E-state index in [9.17, 15) is 9.59 Å². The van der Waals surface area contributed by atoms with Crippen LogP contribution in [0.2, 0.25) is 0 Å². The maximum atomic E-state index is 10.4. The van der Waals surface area contributed by atoms with Crippen LogP contribution in [0, 0.1) is 0 Å². The summed E-state index contributed by atoms with van der Waals surface area (Å²) in [6.45, 7) is 1.32. The van der Waals surface area contributed by atoms with Crippen molar-refractivity contribution in [3.05, 3.63) is 0 Å². The molecule has 2 N–H and O–H groups in total. The molecule has 0 bridgehead atoms. The molecule has 1 atom stereocenters. The molecule has 0 heterocycles. The van der Waals surface area contributed by atoms with Gasteiger partial charge in [-0.15, -0.1) is 0 Å². The predicted molar refractivity (Wildman–Crippen MR) is 31.8 cm³/mol. The van der Waals surface area contributed by atoms with Crippen LogP contribution in [0.5, 0.6) is 0 Å². The summed E-state index contributed by atoms with van der Waals surface area (Å²) >= 11 is 0. The number of methoxy groups -OCH3 is 1. The van der Waals surface area contributed by atoms with Crippen LogP contribution in [0.4, 0.5) is 0 Å². The van der Waals surface area contributed by atoms with Gasteiger partial charge in [0.15, 0.2) is 0 Å². The molecular weight excluding hydrogens is 138 g/mol. The van der Waals surface area contributed by atoms with Gasteiger partial charge in [0.1, 0.15) is 6.23 Å². The molecule has 0 aliphatic heterocycles. The number of rotatable bonds is 1. The minimum absolute atomic E-state index is 0.947. The third-order valence-corrected chi connectivity index (χ3v) is 0.711. The van der Waals surface area contributed by atoms with Gasteiger partial charge in [-0.1, -0.05) is 0 Å². The van der Waals surface area contributed by atoms with Crippen LogP contribution in [-0.4, -0.2) is 30.3 Å². The highest BCUT2D eigenvalue weighted by Gasteiger charge is 2.13. The van der Waals surface area contributed by atoms with Gasteiger partial charge >= 0.3 is 11.9 Å². The van der Waals surface area contributed by atoms with Crippen LogP contribution in [0.3, 0.4) is 0 Å². The summed E-state index contributed by atoms with van der Waals surface area (Å²) in [5.41, 5.74) is 0. The van der Waals surface area contributed by atoms with Crippen LogP contribution < -0.4 is 5.32 Å². The Kier molecular flexibility index (Phi) is 3.42. The van der Waals surface area contributed by atoms with Crippen molar-refractivity contribution in [3.63, 3.8) is 0 Å². The Morgan fingerprint density at radius 1 is 1.60 bits per heavy atom. The van der Waals surface area contributed by atoms with E-state index in [-0.39, 0.29) is 0 Å². The lowest BCUT2D eigenvalue weighted by atomic mass is 10.5. The number of nitrogens with one attached hydrogen (secondary N) is 1. The number of hydrogen-bond donors (Lipinski definition) is 2. The zero-order chi connectivity index (χ0) is 8.15. The van der Waals surface area contributed by atoms with Crippen LogP contribution in [0.25, 0.3) is 0 Å². The third kappa shape index (κ3) is 3.03. The van der Waals surface area contributed by atoms with Crippen molar-refractivity contribution in [2.24, 2.45) is 0 Å². The molecule has 0 fully saturated rings. The van der Waals surface area contributed by atoms with Crippen LogP contribution in [0.1, 0.15) is 6.92 Å². The fourth-order valence-electron chi connectivity index (χ4n) is 0.341. The first-order valence-electron chi connectivity index (χ1n) is 2.64. The van der Waals surface area contributed by atoms with Crippen molar-refractivity contribution < 1.29 is 19.4 Å². The fourth-order valence-corrected chi connectivity index (χ4v) is 0.341. The molecule has 0 spiro atoms. The van der Waals surface area contributed by atoms with Crippen LogP contribution in [-0.2, 0) is 14.3 Å². The zero-order valence-corrected chi connectivity index (χ0v) is 5.75. The van der Waals surface area contributed by atoms with Gasteiger partial charge in [-0.25, -0.2) is 4.79 Å². The highest BCUT2D eigenvalue weighted by Crippen LogP contribution is 1.76. The molecule has 0 aliphatic carbocycles. The number of aliphatic hydroxyl groups is 1. The summed E-state index contributed by atoms with van der Waals surface area (Å²) in [6.07, 6.45) is -1.04. The molecule has 58 valence electrons. The van der Waals surface area contributed by atoms with E-state index in [0.29, 0.717) is 0 Å². The molecular formula is C5H9NO4. The minimum Gasteiger partial charge on any atom is -0.462 e. The summed E-state index contributed by atoms with van der Waals surface area (Å²) < 4.78 is 4.05. The van der Waals surface area contributed by atoms with E-state index in [1.165, 1.54) is 6.92 Å². The number of aliphatic hydroxyl groups excluding tert-OH is 1. The van der Waals surface area contributed by atoms with E-state index >= 15 is 0 Å². The molecule has 1 amide bonds. The second-order valence-electron chi connectivity index (χ2n) is 1.64. The zero-order valence-electron chi connectivity index (χ0n) is 5.75. The molecule has 0 aromatic heterocycles. The van der Waals surface area contributed by atoms with E-state index in [1.54, 1.807) is 0 Å². The van der Waals surface area contributed by atoms with Crippen molar-refractivity contribution in [1.29, 1.82) is 0 Å². The Morgan fingerprint density at radius 3 is 2.40 bits per heavy atom. The summed E-state index contributed by atoms with van der Waals surface area (Å²) in [5.74, 6) is -1.96. The summed E-state index contributed by atoms with van der Waals surface area (Å²) in [4.78, 5) is 20.7. The van der Waals surface area contributed by atoms with Gasteiger partial charge in [-0.05, 0) is 6.92 Å². The molecule has 0 aliphatic rings. The van der Waals surface area contributed by atoms with Crippen LogP contribution >= 0.6 is 0 Å². The lowest BCUT2D eigenvalue weighted by Crippen LogP contribution is -2.37. The Morgan fingerprint density at radius 2 is 2.10 bits per heavy atom. The molecule has 0 radical (unpaired) electrons. The second-order valence-corrected chi connectivity index (χ2v) is 1.64. The van der Waals surface area contributed by atoms with E-state index in [2.05, 4.69) is 4.74 Å². The smallest absolute Gasteiger partial charge is 0.396 e. The number of hydrogen-bond acceptors (Lipinski definition) is 4. The van der Waals surface area contributed by atoms with E-state index in [1.807, 2.05) is 5.32 Å². The van der Waals surface area contributed by atoms with Gasteiger partial charge in [-0.2, -0.15) is 0 Å². The number of ether oxygens (including phenoxy) is 1. The average molecular weight is 147 g/mol. The van der Waals surface area contributed by atoms with Crippen molar-refractivity contribution in [3.8, 4) is 0 Å². The molecule has 1 unspecified atom stereocenters. The molecule has 0 saturated heterocycles. The SMILES string of the molecule is COC(=O)C(=O)NC(C)O. The number of carbonyl (C=O) groups excluding carboxylic acids is 2. The van der Waals surface area contributed by atoms with E-state index in [0.717, 1.165) is 7.11 Å². The van der Waals surface area contributed by atoms with Gasteiger partial charge in [0.2, 0.25) is 0 Å². The van der Waals surface area contributed by atoms with Gasteiger partial charge in [0, 0.05) is 0 Å². The Balaban J connectivity index is 3.74. The summed E-state index contributed by atoms with van der Waals surface area (Å²) in [6, 6.07) is 0. The molecule has 5 nitrogen and oxygen atoms in total. The average Bonchev–Trinajstić information content (AvgIpc) is 1.85. The standard InChI is InChI=1S/C5H9NO4/c1-3(7)6-4(8)5(9)10-2/h3,7H,1-2H3,(H,6,8). The van der Waals surface area contributed by atoms with Gasteiger partial charge in [0.25, 0.3) is 0 Å². The maximum absolute atomic E-state index is 10.4. The van der Waals surface area contributed by atoms with Gasteiger partial charge in [0.05, 0.1) is 7.11 Å². The lowest BCUT2D eigenvalue weighted by Gasteiger charge is -2.04. The number of esters is 1. The lowest BCUT2D eigenvalue weighted by molar-refractivity contribution is -0.154. The quantitative estimate of drug-likeness (QED) is 0.272. The van der Waals surface area contributed by atoms with E-state index < -0.39 is 18.1 Å². The molecule has 0 aromatic carbocycles. The topological polar surface area (TPSA) is 75.6 Å². The van der Waals surface area contributed by atoms with Crippen molar-refractivity contribution in [2.45, 2.75) is 13.2 Å². The Bertz CT molecular complexity index is 143. The molecule has 5 heteroatoms. The second kappa shape index (κ2) is 3.84. The van der Waals surface area contributed by atoms with Crippen molar-refractivity contribution in [1.82, 2.24) is 5.32 Å². The highest BCUT2D eigenvalue weighted by molar-refractivity contribution is 6.32. The molecule has 0 rings (SSSR count).